The molecule has 1 heteroatoms. The number of hydrogen-bond donors (Lipinski definition) is 0. The van der Waals surface area contributed by atoms with Gasteiger partial charge in [0.2, 0.25) is 0 Å². The predicted octanol–water partition coefficient (Wildman–Crippen LogP) is 5.44. The molecule has 0 nitrogen and oxygen atoms in total. The van der Waals surface area contributed by atoms with Crippen molar-refractivity contribution in [2.45, 2.75) is 57.3 Å². The average Bonchev–Trinajstić information content (AvgIpc) is 2.50. The summed E-state index contributed by atoms with van der Waals surface area (Å²) in [6.07, 6.45) is 2.72. The molecule has 94 valence electrons. The lowest BCUT2D eigenvalue weighted by Gasteiger charge is -2.25. The van der Waals surface area contributed by atoms with E-state index in [1.54, 1.807) is 16.0 Å². The summed E-state index contributed by atoms with van der Waals surface area (Å²) in [4.78, 5) is 1.55. The Hall–Kier alpha value is -0.430. The van der Waals surface area contributed by atoms with E-state index in [1.165, 1.54) is 18.6 Å². The molecule has 0 saturated carbocycles. The van der Waals surface area contributed by atoms with E-state index in [2.05, 4.69) is 57.7 Å². The van der Waals surface area contributed by atoms with Crippen molar-refractivity contribution in [2.24, 2.45) is 5.92 Å². The molecule has 1 atom stereocenters. The fourth-order valence-electron chi connectivity index (χ4n) is 2.88. The van der Waals surface area contributed by atoms with E-state index in [0.29, 0.717) is 5.92 Å². The van der Waals surface area contributed by atoms with Crippen molar-refractivity contribution in [3.63, 3.8) is 0 Å². The number of rotatable bonds is 2. The van der Waals surface area contributed by atoms with Gasteiger partial charge in [-0.2, -0.15) is 0 Å². The summed E-state index contributed by atoms with van der Waals surface area (Å²) >= 11 is 2.06. The van der Waals surface area contributed by atoms with Crippen molar-refractivity contribution in [3.05, 3.63) is 29.3 Å². The molecule has 1 aromatic rings. The lowest BCUT2D eigenvalue weighted by atomic mass is 9.80. The molecule has 0 fully saturated rings. The van der Waals surface area contributed by atoms with Crippen molar-refractivity contribution in [1.29, 1.82) is 0 Å². The van der Waals surface area contributed by atoms with Crippen molar-refractivity contribution in [1.82, 2.24) is 0 Å². The highest BCUT2D eigenvalue weighted by Crippen LogP contribution is 2.43. The van der Waals surface area contributed by atoms with Crippen LogP contribution in [0.25, 0.3) is 0 Å². The predicted molar refractivity (Wildman–Crippen MR) is 78.1 cm³/mol. The highest BCUT2D eigenvalue weighted by atomic mass is 32.2. The number of hydrogen-bond acceptors (Lipinski definition) is 1. The van der Waals surface area contributed by atoms with Crippen LogP contribution in [0.3, 0.4) is 0 Å². The van der Waals surface area contributed by atoms with Crippen molar-refractivity contribution >= 4 is 11.8 Å². The lowest BCUT2D eigenvalue weighted by Crippen LogP contribution is -2.10. The zero-order valence-electron chi connectivity index (χ0n) is 11.5. The molecular weight excluding hydrogens is 224 g/mol. The third kappa shape index (κ3) is 2.70. The normalized spacial score (nSPS) is 20.5. The van der Waals surface area contributed by atoms with Crippen LogP contribution in [0.4, 0.5) is 0 Å². The minimum absolute atomic E-state index is 0.643. The van der Waals surface area contributed by atoms with E-state index in [4.69, 9.17) is 0 Å². The largest absolute Gasteiger partial charge is 0.126 e. The second-order valence-electron chi connectivity index (χ2n) is 5.75. The summed E-state index contributed by atoms with van der Waals surface area (Å²) in [6.45, 7) is 9.40. The molecule has 0 aromatic heterocycles. The second-order valence-corrected chi connectivity index (χ2v) is 6.89. The summed E-state index contributed by atoms with van der Waals surface area (Å²) in [6, 6.07) is 6.90. The van der Waals surface area contributed by atoms with Crippen molar-refractivity contribution in [3.8, 4) is 0 Å². The van der Waals surface area contributed by atoms with Gasteiger partial charge in [0.05, 0.1) is 0 Å². The minimum atomic E-state index is 0.643. The van der Waals surface area contributed by atoms with E-state index in [0.717, 1.165) is 11.8 Å². The maximum absolute atomic E-state index is 2.38. The summed E-state index contributed by atoms with van der Waals surface area (Å²) in [5.74, 6) is 3.45. The maximum atomic E-state index is 2.38. The van der Waals surface area contributed by atoms with E-state index in [1.807, 2.05) is 0 Å². The molecule has 0 saturated heterocycles. The third-order valence-electron chi connectivity index (χ3n) is 3.81. The van der Waals surface area contributed by atoms with Gasteiger partial charge in [0.25, 0.3) is 0 Å². The van der Waals surface area contributed by atoms with Crippen LogP contribution in [0.15, 0.2) is 23.1 Å². The third-order valence-corrected chi connectivity index (χ3v) is 4.97. The number of benzene rings is 1. The van der Waals surface area contributed by atoms with Gasteiger partial charge in [0.1, 0.15) is 0 Å². The van der Waals surface area contributed by atoms with Crippen LogP contribution < -0.4 is 0 Å². The van der Waals surface area contributed by atoms with E-state index in [-0.39, 0.29) is 0 Å². The zero-order chi connectivity index (χ0) is 12.4. The van der Waals surface area contributed by atoms with Crippen LogP contribution in [-0.2, 0) is 0 Å². The van der Waals surface area contributed by atoms with Crippen molar-refractivity contribution < 1.29 is 0 Å². The SMILES string of the molecule is CC(C)c1cccc2c1C(C(C)C)CCCS2. The van der Waals surface area contributed by atoms with Gasteiger partial charge in [-0.1, -0.05) is 39.8 Å². The second kappa shape index (κ2) is 5.48. The molecule has 0 bridgehead atoms. The molecule has 1 heterocycles. The molecule has 17 heavy (non-hydrogen) atoms. The first-order valence-corrected chi connectivity index (χ1v) is 7.85. The van der Waals surface area contributed by atoms with E-state index < -0.39 is 0 Å². The monoisotopic (exact) mass is 248 g/mol. The Balaban J connectivity index is 2.52. The first-order valence-electron chi connectivity index (χ1n) is 6.87. The number of fused-ring (bicyclic) bond motifs is 1. The topological polar surface area (TPSA) is 0 Å². The summed E-state index contributed by atoms with van der Waals surface area (Å²) in [7, 11) is 0. The minimum Gasteiger partial charge on any atom is -0.126 e. The van der Waals surface area contributed by atoms with Gasteiger partial charge in [-0.3, -0.25) is 0 Å². The Morgan fingerprint density at radius 3 is 2.59 bits per heavy atom. The fourth-order valence-corrected chi connectivity index (χ4v) is 4.01. The number of thioether (sulfide) groups is 1. The molecule has 0 aliphatic carbocycles. The molecule has 0 radical (unpaired) electrons. The first kappa shape index (κ1) is 13.0. The molecule has 1 unspecified atom stereocenters. The summed E-state index contributed by atoms with van der Waals surface area (Å²) < 4.78 is 0. The van der Waals surface area contributed by atoms with Crippen LogP contribution in [-0.4, -0.2) is 5.75 Å². The fraction of sp³-hybridized carbons (Fsp3) is 0.625. The maximum Gasteiger partial charge on any atom is 0.0110 e. The molecule has 0 N–H and O–H groups in total. The van der Waals surface area contributed by atoms with E-state index in [9.17, 15) is 0 Å². The smallest absolute Gasteiger partial charge is 0.0110 e. The van der Waals surface area contributed by atoms with Gasteiger partial charge < -0.3 is 0 Å². The molecule has 1 aliphatic heterocycles. The Morgan fingerprint density at radius 2 is 1.94 bits per heavy atom. The van der Waals surface area contributed by atoms with Gasteiger partial charge in [-0.05, 0) is 53.5 Å². The zero-order valence-corrected chi connectivity index (χ0v) is 12.3. The van der Waals surface area contributed by atoms with Gasteiger partial charge in [0.15, 0.2) is 0 Å². The van der Waals surface area contributed by atoms with Crippen LogP contribution in [0, 0.1) is 5.92 Å². The Morgan fingerprint density at radius 1 is 1.18 bits per heavy atom. The van der Waals surface area contributed by atoms with Crippen LogP contribution in [0.5, 0.6) is 0 Å². The van der Waals surface area contributed by atoms with Crippen LogP contribution in [0.2, 0.25) is 0 Å². The van der Waals surface area contributed by atoms with Crippen LogP contribution in [0.1, 0.15) is 63.5 Å². The molecular formula is C16H24S. The first-order chi connectivity index (χ1) is 8.11. The molecule has 0 spiro atoms. The molecule has 2 rings (SSSR count). The highest BCUT2D eigenvalue weighted by Gasteiger charge is 2.25. The van der Waals surface area contributed by atoms with Gasteiger partial charge in [0, 0.05) is 4.90 Å². The average molecular weight is 248 g/mol. The lowest BCUT2D eigenvalue weighted by molar-refractivity contribution is 0.458. The van der Waals surface area contributed by atoms with Gasteiger partial charge in [-0.25, -0.2) is 0 Å². The molecule has 1 aliphatic rings. The van der Waals surface area contributed by atoms with E-state index >= 15 is 0 Å². The standard InChI is InChI=1S/C16H24S/c1-11(2)13-7-5-9-15-16(13)14(12(3)4)8-6-10-17-15/h5,7,9,11-12,14H,6,8,10H2,1-4H3. The molecule has 0 amide bonds. The molecule has 1 aromatic carbocycles. The van der Waals surface area contributed by atoms with Crippen LogP contribution >= 0.6 is 11.8 Å². The summed E-state index contributed by atoms with van der Waals surface area (Å²) in [5.41, 5.74) is 3.25. The Kier molecular flexibility index (Phi) is 4.19. The summed E-state index contributed by atoms with van der Waals surface area (Å²) in [5, 5.41) is 0. The quantitative estimate of drug-likeness (QED) is 0.672. The van der Waals surface area contributed by atoms with Gasteiger partial charge in [-0.15, -0.1) is 11.8 Å². The van der Waals surface area contributed by atoms with Crippen molar-refractivity contribution in [2.75, 3.05) is 5.75 Å². The Labute approximate surface area is 110 Å². The Bertz CT molecular complexity index is 379. The van der Waals surface area contributed by atoms with Gasteiger partial charge >= 0.3 is 0 Å². The highest BCUT2D eigenvalue weighted by molar-refractivity contribution is 7.99.